The molecule has 0 aliphatic carbocycles. The molecule has 3 nitrogen and oxygen atoms in total. The molecule has 0 radical (unpaired) electrons. The van der Waals surface area contributed by atoms with Gasteiger partial charge in [-0.25, -0.2) is 0 Å². The van der Waals surface area contributed by atoms with Crippen molar-refractivity contribution in [1.82, 2.24) is 4.57 Å². The largest absolute Gasteiger partial charge is 0.340 e. The smallest absolute Gasteiger partial charge is 0.218 e. The number of pyridine rings is 3. The fourth-order valence-electron chi connectivity index (χ4n) is 10.9. The number of fused-ring (bicyclic) bond motifs is 9. The zero-order chi connectivity index (χ0) is 39.5. The Labute approximate surface area is 339 Å². The Morgan fingerprint density at radius 2 is 1.42 bits per heavy atom. The van der Waals surface area contributed by atoms with E-state index in [2.05, 4.69) is 196 Å². The van der Waals surface area contributed by atoms with E-state index >= 15 is 0 Å². The van der Waals surface area contributed by atoms with E-state index in [4.69, 9.17) is 0 Å². The third-order valence-corrected chi connectivity index (χ3v) is 14.1. The van der Waals surface area contributed by atoms with Gasteiger partial charge in [0.15, 0.2) is 24.1 Å². The van der Waals surface area contributed by atoms with Gasteiger partial charge in [-0.2, -0.15) is 8.97 Å². The molecule has 1 aliphatic heterocycles. The normalized spacial score (nSPS) is 18.5. The standard InChI is InChI=1S/C54H59N3/c1-8-11-21-38(6)43-31-52-42-25-15-17-26-48(42)54(10-3,53(7,9-2)57(52)36-47(43)39-22-13-12-14-23-39)33-40-35-55-29-20-19-27-49(55)46-30-45-41-24-16-18-28-50(41)56(34-37(4)5)51(45)32-44(40)46/h12-20,22-32,35-38H,8-11,21,33-34H2,1-7H3/q+2. The molecule has 0 fully saturated rings. The van der Waals surface area contributed by atoms with E-state index < -0.39 is 0 Å². The number of nitrogens with zero attached hydrogens (tertiary/aromatic N) is 3. The van der Waals surface area contributed by atoms with Crippen molar-refractivity contribution < 1.29 is 8.97 Å². The van der Waals surface area contributed by atoms with Crippen molar-refractivity contribution >= 4 is 38.1 Å². The maximum atomic E-state index is 2.73. The van der Waals surface area contributed by atoms with Gasteiger partial charge in [0.2, 0.25) is 11.2 Å². The number of para-hydroxylation sites is 1. The van der Waals surface area contributed by atoms with Crippen molar-refractivity contribution in [2.45, 2.75) is 110 Å². The highest BCUT2D eigenvalue weighted by atomic mass is 15.1. The Morgan fingerprint density at radius 1 is 0.667 bits per heavy atom. The summed E-state index contributed by atoms with van der Waals surface area (Å²) in [6.07, 6.45) is 13.9. The van der Waals surface area contributed by atoms with Gasteiger partial charge in [0, 0.05) is 71.0 Å². The molecule has 4 aromatic carbocycles. The van der Waals surface area contributed by atoms with Crippen LogP contribution < -0.4 is 8.97 Å². The number of benzene rings is 4. The van der Waals surface area contributed by atoms with Crippen LogP contribution in [0.25, 0.3) is 60.5 Å². The summed E-state index contributed by atoms with van der Waals surface area (Å²) in [7, 11) is 0. The molecule has 3 atom stereocenters. The lowest BCUT2D eigenvalue weighted by molar-refractivity contribution is -0.765. The van der Waals surface area contributed by atoms with Crippen LogP contribution in [0.15, 0.2) is 134 Å². The molecule has 57 heavy (non-hydrogen) atoms. The highest BCUT2D eigenvalue weighted by molar-refractivity contribution is 6.15. The summed E-state index contributed by atoms with van der Waals surface area (Å²) in [4.78, 5) is 0. The molecular weight excluding hydrogens is 691 g/mol. The highest BCUT2D eigenvalue weighted by Gasteiger charge is 2.59. The molecule has 288 valence electrons. The molecule has 0 bridgehead atoms. The zero-order valence-electron chi connectivity index (χ0n) is 35.1. The summed E-state index contributed by atoms with van der Waals surface area (Å²) in [6.45, 7) is 17.9. The first-order valence-electron chi connectivity index (χ1n) is 21.7. The van der Waals surface area contributed by atoms with E-state index in [1.807, 2.05) is 0 Å². The van der Waals surface area contributed by atoms with Crippen molar-refractivity contribution in [3.8, 4) is 22.4 Å². The molecule has 0 N–H and O–H groups in total. The first-order valence-corrected chi connectivity index (χ1v) is 21.7. The third kappa shape index (κ3) is 5.83. The topological polar surface area (TPSA) is 12.9 Å². The predicted octanol–water partition coefficient (Wildman–Crippen LogP) is 13.3. The SMILES string of the molecule is CCCCC(C)c1cc2[n+](cc1-c1ccccc1)C(C)(CC)C(CC)(Cc1c[n+]3ccccc3c3cc4c5ccccc5n(CC(C)C)c4cc13)c1ccccc1-2. The van der Waals surface area contributed by atoms with Crippen LogP contribution in [0.5, 0.6) is 0 Å². The van der Waals surface area contributed by atoms with Crippen molar-refractivity contribution in [2.75, 3.05) is 0 Å². The Morgan fingerprint density at radius 3 is 2.19 bits per heavy atom. The van der Waals surface area contributed by atoms with E-state index in [0.717, 1.165) is 25.8 Å². The Balaban J connectivity index is 1.32. The Hall–Kier alpha value is -5.28. The van der Waals surface area contributed by atoms with Crippen LogP contribution in [0.4, 0.5) is 0 Å². The average Bonchev–Trinajstić information content (AvgIpc) is 3.54. The van der Waals surface area contributed by atoms with Gasteiger partial charge in [-0.05, 0) is 83.5 Å². The van der Waals surface area contributed by atoms with E-state index in [1.54, 1.807) is 0 Å². The summed E-state index contributed by atoms with van der Waals surface area (Å²) in [6, 6.07) is 43.9. The zero-order valence-corrected chi connectivity index (χ0v) is 35.1. The van der Waals surface area contributed by atoms with E-state index in [9.17, 15) is 0 Å². The number of hydrogen-bond donors (Lipinski definition) is 0. The van der Waals surface area contributed by atoms with Crippen LogP contribution in [-0.2, 0) is 23.9 Å². The second-order valence-electron chi connectivity index (χ2n) is 17.7. The van der Waals surface area contributed by atoms with Gasteiger partial charge in [0.1, 0.15) is 0 Å². The van der Waals surface area contributed by atoms with E-state index in [0.29, 0.717) is 11.8 Å². The Bertz CT molecular complexity index is 2770. The maximum absolute atomic E-state index is 2.73. The molecule has 0 amide bonds. The van der Waals surface area contributed by atoms with Gasteiger partial charge >= 0.3 is 0 Å². The van der Waals surface area contributed by atoms with Crippen LogP contribution in [0, 0.1) is 5.92 Å². The summed E-state index contributed by atoms with van der Waals surface area (Å²) in [5.74, 6) is 1.000. The molecule has 8 aromatic rings. The molecule has 0 saturated carbocycles. The lowest BCUT2D eigenvalue weighted by Gasteiger charge is -2.48. The van der Waals surface area contributed by atoms with Gasteiger partial charge in [-0.1, -0.05) is 121 Å². The summed E-state index contributed by atoms with van der Waals surface area (Å²) in [5, 5.41) is 5.37. The fourth-order valence-corrected chi connectivity index (χ4v) is 10.9. The van der Waals surface area contributed by atoms with Crippen LogP contribution in [0.3, 0.4) is 0 Å². The lowest BCUT2D eigenvalue weighted by atomic mass is 9.57. The first-order chi connectivity index (χ1) is 27.7. The molecule has 3 heteroatoms. The van der Waals surface area contributed by atoms with Gasteiger partial charge < -0.3 is 4.57 Å². The third-order valence-electron chi connectivity index (χ3n) is 14.1. The quantitative estimate of drug-likeness (QED) is 0.0923. The van der Waals surface area contributed by atoms with Crippen LogP contribution in [-0.4, -0.2) is 4.57 Å². The number of aromatic nitrogens is 3. The fraction of sp³-hybridized carbons (Fsp3) is 0.333. The van der Waals surface area contributed by atoms with E-state index in [1.165, 1.54) is 96.4 Å². The minimum absolute atomic E-state index is 0.186. The van der Waals surface area contributed by atoms with Crippen molar-refractivity contribution in [3.05, 3.63) is 151 Å². The van der Waals surface area contributed by atoms with Crippen LogP contribution in [0.2, 0.25) is 0 Å². The summed E-state index contributed by atoms with van der Waals surface area (Å²) in [5.41, 5.74) is 13.3. The molecule has 1 aliphatic rings. The first kappa shape index (κ1) is 37.3. The minimum atomic E-state index is -0.209. The summed E-state index contributed by atoms with van der Waals surface area (Å²) < 4.78 is 7.70. The van der Waals surface area contributed by atoms with Gasteiger partial charge in [0.05, 0.1) is 16.4 Å². The lowest BCUT2D eigenvalue weighted by Crippen LogP contribution is -2.69. The predicted molar refractivity (Wildman–Crippen MR) is 240 cm³/mol. The molecule has 5 heterocycles. The Kier molecular flexibility index (Phi) is 9.55. The molecule has 9 rings (SSSR count). The summed E-state index contributed by atoms with van der Waals surface area (Å²) >= 11 is 0. The molecular formula is C54H59N3+2. The van der Waals surface area contributed by atoms with Gasteiger partial charge in [-0.3, -0.25) is 0 Å². The van der Waals surface area contributed by atoms with Crippen LogP contribution >= 0.6 is 0 Å². The minimum Gasteiger partial charge on any atom is -0.340 e. The second kappa shape index (κ2) is 14.6. The van der Waals surface area contributed by atoms with Gasteiger partial charge in [0.25, 0.3) is 0 Å². The van der Waals surface area contributed by atoms with E-state index in [-0.39, 0.29) is 11.0 Å². The number of hydrogen-bond acceptors (Lipinski definition) is 0. The number of rotatable bonds is 11. The second-order valence-corrected chi connectivity index (χ2v) is 17.7. The number of unbranched alkanes of at least 4 members (excludes halogenated alkanes) is 1. The maximum Gasteiger partial charge on any atom is 0.218 e. The van der Waals surface area contributed by atoms with Crippen molar-refractivity contribution in [1.29, 1.82) is 0 Å². The molecule has 0 spiro atoms. The molecule has 3 unspecified atom stereocenters. The van der Waals surface area contributed by atoms with Crippen molar-refractivity contribution in [2.24, 2.45) is 5.92 Å². The van der Waals surface area contributed by atoms with Gasteiger partial charge in [-0.15, -0.1) is 0 Å². The highest BCUT2D eigenvalue weighted by Crippen LogP contribution is 2.53. The van der Waals surface area contributed by atoms with Crippen molar-refractivity contribution in [3.63, 3.8) is 0 Å². The molecule has 0 saturated heterocycles. The monoisotopic (exact) mass is 749 g/mol. The van der Waals surface area contributed by atoms with Crippen LogP contribution in [0.1, 0.15) is 103 Å². The average molecular weight is 750 g/mol. The molecule has 4 aromatic heterocycles.